The van der Waals surface area contributed by atoms with Gasteiger partial charge in [-0.25, -0.2) is 8.42 Å². The summed E-state index contributed by atoms with van der Waals surface area (Å²) in [5.74, 6) is 1.47. The van der Waals surface area contributed by atoms with Crippen molar-refractivity contribution in [2.75, 3.05) is 19.4 Å². The van der Waals surface area contributed by atoms with E-state index in [1.807, 2.05) is 24.3 Å². The number of aliphatic hydroxyl groups excluding tert-OH is 1. The summed E-state index contributed by atoms with van der Waals surface area (Å²) in [6.07, 6.45) is 2.87. The Morgan fingerprint density at radius 2 is 2.14 bits per heavy atom. The van der Waals surface area contributed by atoms with Crippen LogP contribution in [-0.2, 0) is 10.0 Å². The summed E-state index contributed by atoms with van der Waals surface area (Å²) >= 11 is 0. The van der Waals surface area contributed by atoms with Gasteiger partial charge in [0.25, 0.3) is 0 Å². The van der Waals surface area contributed by atoms with Crippen LogP contribution in [0.15, 0.2) is 24.3 Å². The molecule has 0 amide bonds. The van der Waals surface area contributed by atoms with Gasteiger partial charge < -0.3 is 9.84 Å². The minimum Gasteiger partial charge on any atom is -0.497 e. The first kappa shape index (κ1) is 15.8. The van der Waals surface area contributed by atoms with Crippen LogP contribution < -0.4 is 4.74 Å². The van der Waals surface area contributed by atoms with E-state index in [0.717, 1.165) is 24.8 Å². The molecular formula is C16H23NO4S. The SMILES string of the molecule is COc1cccc(C2CC(O)CN2S(=O)(=O)CCC2CC2)c1. The molecule has 22 heavy (non-hydrogen) atoms. The Balaban J connectivity index is 1.81. The Bertz CT molecular complexity index is 627. The second-order valence-corrected chi connectivity index (χ2v) is 8.34. The second kappa shape index (κ2) is 6.18. The Hall–Kier alpha value is -1.11. The lowest BCUT2D eigenvalue weighted by atomic mass is 10.0. The van der Waals surface area contributed by atoms with Crippen molar-refractivity contribution in [3.8, 4) is 5.75 Å². The van der Waals surface area contributed by atoms with E-state index in [1.165, 1.54) is 4.31 Å². The third kappa shape index (κ3) is 3.45. The van der Waals surface area contributed by atoms with E-state index in [1.54, 1.807) is 7.11 Å². The standard InChI is InChI=1S/C16H23NO4S/c1-21-15-4-2-3-13(9-15)16-10-14(18)11-17(16)22(19,20)8-7-12-5-6-12/h2-4,9,12,14,16,18H,5-8,10-11H2,1H3. The lowest BCUT2D eigenvalue weighted by Crippen LogP contribution is -2.33. The maximum atomic E-state index is 12.6. The average Bonchev–Trinajstić information content (AvgIpc) is 3.26. The van der Waals surface area contributed by atoms with Crippen LogP contribution in [-0.4, -0.2) is 43.3 Å². The molecule has 1 N–H and O–H groups in total. The van der Waals surface area contributed by atoms with Crippen LogP contribution in [0.1, 0.15) is 37.3 Å². The molecule has 1 saturated carbocycles. The smallest absolute Gasteiger partial charge is 0.214 e. The van der Waals surface area contributed by atoms with Gasteiger partial charge in [0.1, 0.15) is 5.75 Å². The number of hydrogen-bond acceptors (Lipinski definition) is 4. The van der Waals surface area contributed by atoms with Crippen molar-refractivity contribution in [1.82, 2.24) is 4.31 Å². The predicted octanol–water partition coefficient (Wildman–Crippen LogP) is 1.93. The number of methoxy groups -OCH3 is 1. The molecule has 5 nitrogen and oxygen atoms in total. The third-order valence-corrected chi connectivity index (χ3v) is 6.42. The topological polar surface area (TPSA) is 66.8 Å². The fourth-order valence-electron chi connectivity index (χ4n) is 3.08. The number of aliphatic hydroxyl groups is 1. The molecule has 0 radical (unpaired) electrons. The lowest BCUT2D eigenvalue weighted by molar-refractivity contribution is 0.188. The number of benzene rings is 1. The first-order chi connectivity index (χ1) is 10.5. The van der Waals surface area contributed by atoms with Crippen molar-refractivity contribution in [3.05, 3.63) is 29.8 Å². The highest BCUT2D eigenvalue weighted by atomic mass is 32.2. The van der Waals surface area contributed by atoms with E-state index in [-0.39, 0.29) is 18.3 Å². The molecule has 2 unspecified atom stereocenters. The van der Waals surface area contributed by atoms with Crippen LogP contribution in [0.5, 0.6) is 5.75 Å². The van der Waals surface area contributed by atoms with Crippen molar-refractivity contribution in [3.63, 3.8) is 0 Å². The van der Waals surface area contributed by atoms with E-state index in [4.69, 9.17) is 4.74 Å². The molecular weight excluding hydrogens is 302 g/mol. The molecule has 0 bridgehead atoms. The van der Waals surface area contributed by atoms with Crippen LogP contribution in [0.25, 0.3) is 0 Å². The fourth-order valence-corrected chi connectivity index (χ4v) is 4.94. The van der Waals surface area contributed by atoms with E-state index >= 15 is 0 Å². The molecule has 1 aromatic carbocycles. The predicted molar refractivity (Wildman–Crippen MR) is 84.2 cm³/mol. The Kier molecular flexibility index (Phi) is 4.43. The third-order valence-electron chi connectivity index (χ3n) is 4.55. The molecule has 122 valence electrons. The quantitative estimate of drug-likeness (QED) is 0.868. The minimum absolute atomic E-state index is 0.185. The zero-order valence-corrected chi connectivity index (χ0v) is 13.6. The number of ether oxygens (including phenoxy) is 1. The maximum Gasteiger partial charge on any atom is 0.214 e. The molecule has 1 saturated heterocycles. The zero-order chi connectivity index (χ0) is 15.7. The first-order valence-electron chi connectivity index (χ1n) is 7.81. The van der Waals surface area contributed by atoms with Gasteiger partial charge in [0.2, 0.25) is 10.0 Å². The van der Waals surface area contributed by atoms with E-state index in [0.29, 0.717) is 18.1 Å². The molecule has 6 heteroatoms. The molecule has 1 aromatic rings. The highest BCUT2D eigenvalue weighted by Gasteiger charge is 2.40. The van der Waals surface area contributed by atoms with Gasteiger partial charge in [0.05, 0.1) is 25.0 Å². The lowest BCUT2D eigenvalue weighted by Gasteiger charge is -2.24. The minimum atomic E-state index is -3.33. The van der Waals surface area contributed by atoms with Crippen molar-refractivity contribution < 1.29 is 18.3 Å². The van der Waals surface area contributed by atoms with Gasteiger partial charge in [0, 0.05) is 6.54 Å². The molecule has 1 heterocycles. The number of rotatable bonds is 6. The van der Waals surface area contributed by atoms with Crippen LogP contribution >= 0.6 is 0 Å². The van der Waals surface area contributed by atoms with Gasteiger partial charge >= 0.3 is 0 Å². The Morgan fingerprint density at radius 1 is 1.36 bits per heavy atom. The highest BCUT2D eigenvalue weighted by Crippen LogP contribution is 2.38. The molecule has 3 rings (SSSR count). The van der Waals surface area contributed by atoms with Gasteiger partial charge in [-0.1, -0.05) is 25.0 Å². The Labute approximate surface area is 131 Å². The van der Waals surface area contributed by atoms with Crippen LogP contribution in [0, 0.1) is 5.92 Å². The molecule has 1 aliphatic heterocycles. The summed E-state index contributed by atoms with van der Waals surface area (Å²) in [4.78, 5) is 0. The van der Waals surface area contributed by atoms with Gasteiger partial charge in [-0.2, -0.15) is 4.31 Å². The van der Waals surface area contributed by atoms with Crippen LogP contribution in [0.3, 0.4) is 0 Å². The van der Waals surface area contributed by atoms with Crippen molar-refractivity contribution in [2.45, 2.75) is 37.8 Å². The number of nitrogens with zero attached hydrogens (tertiary/aromatic N) is 1. The number of β-amino-alcohol motifs (C(OH)–C–C–N with tert-alkyl or cyclic N) is 1. The van der Waals surface area contributed by atoms with Crippen molar-refractivity contribution in [1.29, 1.82) is 0 Å². The van der Waals surface area contributed by atoms with E-state index < -0.39 is 16.1 Å². The first-order valence-corrected chi connectivity index (χ1v) is 9.42. The summed E-state index contributed by atoms with van der Waals surface area (Å²) in [5.41, 5.74) is 0.880. The second-order valence-electron chi connectivity index (χ2n) is 6.30. The van der Waals surface area contributed by atoms with Gasteiger partial charge in [0.15, 0.2) is 0 Å². The molecule has 0 aromatic heterocycles. The maximum absolute atomic E-state index is 12.6. The van der Waals surface area contributed by atoms with E-state index in [2.05, 4.69) is 0 Å². The molecule has 1 aliphatic carbocycles. The number of sulfonamides is 1. The molecule has 2 aliphatic rings. The fraction of sp³-hybridized carbons (Fsp3) is 0.625. The highest BCUT2D eigenvalue weighted by molar-refractivity contribution is 7.89. The van der Waals surface area contributed by atoms with Gasteiger partial charge in [-0.3, -0.25) is 0 Å². The normalized spacial score (nSPS) is 26.3. The summed E-state index contributed by atoms with van der Waals surface area (Å²) in [7, 11) is -1.74. The van der Waals surface area contributed by atoms with Crippen LogP contribution in [0.4, 0.5) is 0 Å². The van der Waals surface area contributed by atoms with Gasteiger partial charge in [-0.15, -0.1) is 0 Å². The average molecular weight is 325 g/mol. The molecule has 2 atom stereocenters. The van der Waals surface area contributed by atoms with E-state index in [9.17, 15) is 13.5 Å². The molecule has 0 spiro atoms. The van der Waals surface area contributed by atoms with Crippen molar-refractivity contribution >= 4 is 10.0 Å². The summed E-state index contributed by atoms with van der Waals surface area (Å²) in [6, 6.07) is 7.14. The summed E-state index contributed by atoms with van der Waals surface area (Å²) < 4.78 is 32.0. The van der Waals surface area contributed by atoms with Crippen molar-refractivity contribution in [2.24, 2.45) is 5.92 Å². The van der Waals surface area contributed by atoms with Gasteiger partial charge in [-0.05, 0) is 36.5 Å². The summed E-state index contributed by atoms with van der Waals surface area (Å²) in [6.45, 7) is 0.189. The largest absolute Gasteiger partial charge is 0.497 e. The number of hydrogen-bond donors (Lipinski definition) is 1. The molecule has 2 fully saturated rings. The van der Waals surface area contributed by atoms with Crippen LogP contribution in [0.2, 0.25) is 0 Å². The zero-order valence-electron chi connectivity index (χ0n) is 12.8. The summed E-state index contributed by atoms with van der Waals surface area (Å²) in [5, 5.41) is 9.97. The monoisotopic (exact) mass is 325 g/mol. The Morgan fingerprint density at radius 3 is 2.82 bits per heavy atom.